The Bertz CT molecular complexity index is 924. The van der Waals surface area contributed by atoms with Crippen LogP contribution in [-0.4, -0.2) is 32.7 Å². The van der Waals surface area contributed by atoms with E-state index in [2.05, 4.69) is 6.92 Å². The van der Waals surface area contributed by atoms with Gasteiger partial charge in [-0.1, -0.05) is 44.2 Å². The maximum Gasteiger partial charge on any atom is 0.355 e. The van der Waals surface area contributed by atoms with E-state index in [-0.39, 0.29) is 12.5 Å². The van der Waals surface area contributed by atoms with Crippen molar-refractivity contribution in [3.8, 4) is 11.5 Å². The first-order valence-corrected chi connectivity index (χ1v) is 11.9. The fourth-order valence-electron chi connectivity index (χ4n) is 4.05. The maximum atomic E-state index is 12.3. The second kappa shape index (κ2) is 9.52. The molecule has 8 heteroatoms. The van der Waals surface area contributed by atoms with Crippen molar-refractivity contribution in [2.45, 2.75) is 75.1 Å². The number of nitrogens with zero attached hydrogens (tertiary/aromatic N) is 2. The number of rotatable bonds is 8. The molecule has 0 atom stereocenters. The minimum Gasteiger partial charge on any atom is -0.476 e. The van der Waals surface area contributed by atoms with E-state index in [4.69, 9.17) is 26.1 Å². The van der Waals surface area contributed by atoms with E-state index in [0.717, 1.165) is 43.5 Å². The normalized spacial score (nSPS) is 16.2. The number of imidazole rings is 1. The lowest BCUT2D eigenvalue weighted by Gasteiger charge is -2.20. The number of aryl methyl sites for hydroxylation is 1. The van der Waals surface area contributed by atoms with Crippen molar-refractivity contribution in [3.05, 3.63) is 34.2 Å². The number of hydrogen-bond acceptors (Lipinski definition) is 5. The Balaban J connectivity index is 1.70. The molecule has 0 unspecified atom stereocenters. The number of thioether (sulfide) groups is 1. The topological polar surface area (TPSA) is 73.6 Å². The fourth-order valence-corrected chi connectivity index (χ4v) is 5.62. The molecule has 0 bridgehead atoms. The average molecular weight is 451 g/mol. The lowest BCUT2D eigenvalue weighted by Crippen LogP contribution is -2.14. The van der Waals surface area contributed by atoms with Gasteiger partial charge in [-0.3, -0.25) is 0 Å². The molecule has 30 heavy (non-hydrogen) atoms. The molecule has 4 rings (SSSR count). The number of aromatic carboxylic acids is 1. The van der Waals surface area contributed by atoms with E-state index in [1.165, 1.54) is 19.3 Å². The monoisotopic (exact) mass is 450 g/mol. The maximum absolute atomic E-state index is 12.3. The van der Waals surface area contributed by atoms with Gasteiger partial charge in [0.25, 0.3) is 0 Å². The van der Waals surface area contributed by atoms with Gasteiger partial charge in [-0.05, 0) is 30.9 Å². The van der Waals surface area contributed by atoms with Crippen molar-refractivity contribution in [3.63, 3.8) is 0 Å². The molecule has 0 saturated heterocycles. The van der Waals surface area contributed by atoms with Gasteiger partial charge in [-0.25, -0.2) is 9.78 Å². The molecule has 0 amide bonds. The molecule has 1 aromatic heterocycles. The summed E-state index contributed by atoms with van der Waals surface area (Å²) in [5, 5.41) is 11.7. The lowest BCUT2D eigenvalue weighted by molar-refractivity contribution is 0.0681. The number of benzene rings is 1. The fraction of sp³-hybridized carbons (Fsp3) is 0.545. The zero-order valence-electron chi connectivity index (χ0n) is 17.2. The molecule has 1 aliphatic heterocycles. The van der Waals surface area contributed by atoms with Gasteiger partial charge in [0.05, 0.1) is 6.54 Å². The van der Waals surface area contributed by atoms with Gasteiger partial charge in [0.2, 0.25) is 6.79 Å². The Kier molecular flexibility index (Phi) is 6.78. The minimum absolute atomic E-state index is 0.171. The number of carboxylic acids is 1. The van der Waals surface area contributed by atoms with Crippen LogP contribution >= 0.6 is 23.4 Å². The van der Waals surface area contributed by atoms with E-state index < -0.39 is 5.97 Å². The van der Waals surface area contributed by atoms with Gasteiger partial charge in [-0.2, -0.15) is 0 Å². The van der Waals surface area contributed by atoms with Crippen LogP contribution in [0, 0.1) is 0 Å². The molecule has 0 radical (unpaired) electrons. The van der Waals surface area contributed by atoms with Gasteiger partial charge in [0, 0.05) is 22.8 Å². The van der Waals surface area contributed by atoms with E-state index in [1.54, 1.807) is 17.8 Å². The van der Waals surface area contributed by atoms with E-state index >= 15 is 0 Å². The number of ether oxygens (including phenoxy) is 2. The van der Waals surface area contributed by atoms with Crippen LogP contribution in [0.15, 0.2) is 17.2 Å². The van der Waals surface area contributed by atoms with Gasteiger partial charge in [-0.15, -0.1) is 11.8 Å². The second-order valence-corrected chi connectivity index (χ2v) is 9.55. The number of fused-ring (bicyclic) bond motifs is 1. The van der Waals surface area contributed by atoms with Crippen molar-refractivity contribution in [2.24, 2.45) is 0 Å². The van der Waals surface area contributed by atoms with Crippen molar-refractivity contribution in [1.82, 2.24) is 9.55 Å². The highest BCUT2D eigenvalue weighted by atomic mass is 35.5. The number of hydrogen-bond donors (Lipinski definition) is 1. The molecule has 162 valence electrons. The lowest BCUT2D eigenvalue weighted by atomic mass is 10.0. The Morgan fingerprint density at radius 3 is 2.70 bits per heavy atom. The van der Waals surface area contributed by atoms with Crippen LogP contribution in [0.2, 0.25) is 5.02 Å². The van der Waals surface area contributed by atoms with Crippen LogP contribution in [0.25, 0.3) is 0 Å². The number of carboxylic acid groups (broad SMARTS) is 1. The summed E-state index contributed by atoms with van der Waals surface area (Å²) < 4.78 is 12.7. The van der Waals surface area contributed by atoms with E-state index in [9.17, 15) is 9.90 Å². The highest BCUT2D eigenvalue weighted by Gasteiger charge is 2.27. The molecule has 0 spiro atoms. The molecule has 1 aromatic carbocycles. The Labute approximate surface area is 185 Å². The van der Waals surface area contributed by atoms with Crippen LogP contribution in [0.4, 0.5) is 0 Å². The van der Waals surface area contributed by atoms with Crippen molar-refractivity contribution in [1.29, 1.82) is 0 Å². The van der Waals surface area contributed by atoms with E-state index in [0.29, 0.717) is 33.3 Å². The third kappa shape index (κ3) is 4.57. The number of aromatic nitrogens is 2. The summed E-state index contributed by atoms with van der Waals surface area (Å²) in [6, 6.07) is 3.58. The second-order valence-electron chi connectivity index (χ2n) is 7.85. The summed E-state index contributed by atoms with van der Waals surface area (Å²) in [6.45, 7) is 2.64. The first kappa shape index (κ1) is 21.4. The summed E-state index contributed by atoms with van der Waals surface area (Å²) in [5.74, 6) is 1.12. The summed E-state index contributed by atoms with van der Waals surface area (Å²) >= 11 is 8.12. The zero-order valence-corrected chi connectivity index (χ0v) is 18.7. The minimum atomic E-state index is -0.944. The Morgan fingerprint density at radius 1 is 1.27 bits per heavy atom. The van der Waals surface area contributed by atoms with Crippen molar-refractivity contribution in [2.75, 3.05) is 6.79 Å². The first-order chi connectivity index (χ1) is 14.6. The molecule has 1 saturated carbocycles. The third-order valence-corrected chi connectivity index (χ3v) is 7.34. The van der Waals surface area contributed by atoms with Crippen molar-refractivity contribution >= 4 is 29.3 Å². The number of unbranched alkanes of at least 4 members (excludes halogenated alkanes) is 1. The molecule has 2 aromatic rings. The summed E-state index contributed by atoms with van der Waals surface area (Å²) in [5.41, 5.74) is 1.07. The first-order valence-electron chi connectivity index (χ1n) is 10.6. The Morgan fingerprint density at radius 2 is 2.00 bits per heavy atom. The molecular weight excluding hydrogens is 424 g/mol. The van der Waals surface area contributed by atoms with Crippen LogP contribution in [0.5, 0.6) is 11.5 Å². The SMILES string of the molecule is CCCCc1nc(SC2CCCCC2)c(C(=O)O)n1Cc1cc2c(cc1Cl)OCO2. The van der Waals surface area contributed by atoms with Crippen LogP contribution < -0.4 is 9.47 Å². The van der Waals surface area contributed by atoms with Crippen LogP contribution in [0.3, 0.4) is 0 Å². The van der Waals surface area contributed by atoms with Crippen molar-refractivity contribution < 1.29 is 19.4 Å². The summed E-state index contributed by atoms with van der Waals surface area (Å²) in [6.07, 6.45) is 8.63. The summed E-state index contributed by atoms with van der Waals surface area (Å²) in [4.78, 5) is 17.1. The van der Waals surface area contributed by atoms with Gasteiger partial charge in [0.15, 0.2) is 17.2 Å². The van der Waals surface area contributed by atoms with Crippen LogP contribution in [0.1, 0.15) is 73.7 Å². The predicted molar refractivity (Wildman–Crippen MR) is 117 cm³/mol. The van der Waals surface area contributed by atoms with Crippen LogP contribution in [-0.2, 0) is 13.0 Å². The highest BCUT2D eigenvalue weighted by molar-refractivity contribution is 7.99. The molecule has 6 nitrogen and oxygen atoms in total. The third-order valence-electron chi connectivity index (χ3n) is 5.67. The molecule has 1 aliphatic carbocycles. The summed E-state index contributed by atoms with van der Waals surface area (Å²) in [7, 11) is 0. The number of carbonyl (C=O) groups is 1. The van der Waals surface area contributed by atoms with Gasteiger partial charge < -0.3 is 19.1 Å². The van der Waals surface area contributed by atoms with E-state index in [1.807, 2.05) is 10.6 Å². The highest BCUT2D eigenvalue weighted by Crippen LogP contribution is 2.39. The molecule has 1 fully saturated rings. The Hall–Kier alpha value is -1.86. The van der Waals surface area contributed by atoms with Gasteiger partial charge >= 0.3 is 5.97 Å². The molecular formula is C22H27ClN2O4S. The molecule has 2 aliphatic rings. The predicted octanol–water partition coefficient (Wildman–Crippen LogP) is 5.78. The zero-order chi connectivity index (χ0) is 21.1. The van der Waals surface area contributed by atoms with Gasteiger partial charge in [0.1, 0.15) is 10.9 Å². The molecule has 1 N–H and O–H groups in total. The largest absolute Gasteiger partial charge is 0.476 e. The quantitative estimate of drug-likeness (QED) is 0.549. The smallest absolute Gasteiger partial charge is 0.355 e. The molecule has 2 heterocycles. The number of halogens is 1. The average Bonchev–Trinajstić information content (AvgIpc) is 3.31. The standard InChI is InChI=1S/C22H27ClN2O4S/c1-2-3-9-19-24-21(30-15-7-5-4-6-8-15)20(22(26)27)25(19)12-14-10-17-18(11-16(14)23)29-13-28-17/h10-11,15H,2-9,12-13H2,1H3,(H,26,27).